The molecule has 0 aliphatic heterocycles. The Morgan fingerprint density at radius 2 is 1.71 bits per heavy atom. The summed E-state index contributed by atoms with van der Waals surface area (Å²) in [7, 11) is 1.69. The molecule has 0 bridgehead atoms. The van der Waals surface area contributed by atoms with Crippen molar-refractivity contribution < 1.29 is 4.74 Å². The number of rotatable bonds is 2. The van der Waals surface area contributed by atoms with Gasteiger partial charge in [0.2, 0.25) is 0 Å². The van der Waals surface area contributed by atoms with E-state index >= 15 is 0 Å². The summed E-state index contributed by atoms with van der Waals surface area (Å²) in [5, 5.41) is 3.54. The molecule has 1 heterocycles. The van der Waals surface area contributed by atoms with E-state index in [9.17, 15) is 0 Å². The van der Waals surface area contributed by atoms with E-state index in [-0.39, 0.29) is 0 Å². The van der Waals surface area contributed by atoms with Crippen LogP contribution in [0, 0.1) is 0 Å². The predicted molar refractivity (Wildman–Crippen MR) is 73.8 cm³/mol. The third-order valence-electron chi connectivity index (χ3n) is 2.88. The molecule has 0 amide bonds. The summed E-state index contributed by atoms with van der Waals surface area (Å²) in [4.78, 5) is 0. The maximum Gasteiger partial charge on any atom is 0.118 e. The van der Waals surface area contributed by atoms with Crippen molar-refractivity contribution in [3.8, 4) is 16.9 Å². The second kappa shape index (κ2) is 4.22. The first-order valence-corrected chi connectivity index (χ1v) is 6.37. The number of hydrogen-bond donors (Lipinski definition) is 0. The van der Waals surface area contributed by atoms with Gasteiger partial charge >= 0.3 is 0 Å². The number of methoxy groups -OCH3 is 1. The van der Waals surface area contributed by atoms with Crippen LogP contribution in [0.2, 0.25) is 0 Å². The second-order valence-corrected chi connectivity index (χ2v) is 4.79. The average molecular weight is 240 g/mol. The van der Waals surface area contributed by atoms with Crippen LogP contribution in [0.1, 0.15) is 0 Å². The summed E-state index contributed by atoms with van der Waals surface area (Å²) in [6.07, 6.45) is 0. The first kappa shape index (κ1) is 10.4. The van der Waals surface area contributed by atoms with Crippen LogP contribution >= 0.6 is 11.3 Å². The van der Waals surface area contributed by atoms with E-state index in [1.807, 2.05) is 12.1 Å². The van der Waals surface area contributed by atoms with Crippen molar-refractivity contribution in [2.75, 3.05) is 7.11 Å². The fourth-order valence-corrected chi connectivity index (χ4v) is 2.94. The minimum atomic E-state index is 0.897. The second-order valence-electron chi connectivity index (χ2n) is 3.87. The van der Waals surface area contributed by atoms with E-state index in [2.05, 4.69) is 41.8 Å². The zero-order valence-electron chi connectivity index (χ0n) is 9.51. The van der Waals surface area contributed by atoms with Gasteiger partial charge in [0.15, 0.2) is 0 Å². The first-order chi connectivity index (χ1) is 8.38. The molecule has 2 heteroatoms. The normalized spacial score (nSPS) is 10.6. The van der Waals surface area contributed by atoms with Gasteiger partial charge in [0.1, 0.15) is 5.75 Å². The highest BCUT2D eigenvalue weighted by Gasteiger charge is 2.05. The van der Waals surface area contributed by atoms with E-state index in [1.165, 1.54) is 21.2 Å². The number of benzene rings is 2. The Morgan fingerprint density at radius 1 is 0.941 bits per heavy atom. The Kier molecular flexibility index (Phi) is 2.57. The summed E-state index contributed by atoms with van der Waals surface area (Å²) in [6.45, 7) is 0. The zero-order valence-corrected chi connectivity index (χ0v) is 10.3. The van der Waals surface area contributed by atoms with Gasteiger partial charge in [-0.2, -0.15) is 0 Å². The number of hydrogen-bond acceptors (Lipinski definition) is 2. The third kappa shape index (κ3) is 1.81. The molecule has 0 saturated heterocycles. The van der Waals surface area contributed by atoms with Gasteiger partial charge in [0.05, 0.1) is 7.11 Å². The van der Waals surface area contributed by atoms with Gasteiger partial charge in [-0.05, 0) is 29.1 Å². The Morgan fingerprint density at radius 3 is 2.47 bits per heavy atom. The molecule has 0 N–H and O–H groups in total. The SMILES string of the molecule is COc1ccc(-c2csc3ccccc23)cc1. The van der Waals surface area contributed by atoms with E-state index in [0.29, 0.717) is 0 Å². The molecule has 3 rings (SSSR count). The van der Waals surface area contributed by atoms with Crippen LogP contribution in [0.25, 0.3) is 21.2 Å². The smallest absolute Gasteiger partial charge is 0.118 e. The van der Waals surface area contributed by atoms with Crippen molar-refractivity contribution in [1.29, 1.82) is 0 Å². The topological polar surface area (TPSA) is 9.23 Å². The molecule has 2 aromatic carbocycles. The summed E-state index contributed by atoms with van der Waals surface area (Å²) in [5.41, 5.74) is 2.54. The summed E-state index contributed by atoms with van der Waals surface area (Å²) in [6, 6.07) is 16.7. The Bertz CT molecular complexity index is 637. The molecule has 0 spiro atoms. The fourth-order valence-electron chi connectivity index (χ4n) is 1.97. The first-order valence-electron chi connectivity index (χ1n) is 5.49. The van der Waals surface area contributed by atoms with E-state index in [0.717, 1.165) is 5.75 Å². The van der Waals surface area contributed by atoms with Crippen molar-refractivity contribution in [2.45, 2.75) is 0 Å². The van der Waals surface area contributed by atoms with Gasteiger partial charge in [-0.15, -0.1) is 11.3 Å². The average Bonchev–Trinajstić information content (AvgIpc) is 2.83. The van der Waals surface area contributed by atoms with Gasteiger partial charge < -0.3 is 4.74 Å². The number of ether oxygens (including phenoxy) is 1. The molecule has 0 saturated carbocycles. The predicted octanol–water partition coefficient (Wildman–Crippen LogP) is 4.58. The van der Waals surface area contributed by atoms with Crippen LogP contribution in [0.4, 0.5) is 0 Å². The quantitative estimate of drug-likeness (QED) is 0.637. The molecule has 0 aliphatic carbocycles. The van der Waals surface area contributed by atoms with Crippen LogP contribution in [0.3, 0.4) is 0 Å². The third-order valence-corrected chi connectivity index (χ3v) is 3.85. The lowest BCUT2D eigenvalue weighted by Crippen LogP contribution is -1.81. The van der Waals surface area contributed by atoms with Gasteiger partial charge in [0.25, 0.3) is 0 Å². The molecular formula is C15H12OS. The minimum Gasteiger partial charge on any atom is -0.497 e. The number of fused-ring (bicyclic) bond motifs is 1. The molecule has 1 aromatic heterocycles. The summed E-state index contributed by atoms with van der Waals surface area (Å²) < 4.78 is 6.51. The Hall–Kier alpha value is -1.80. The van der Waals surface area contributed by atoms with Crippen molar-refractivity contribution in [3.63, 3.8) is 0 Å². The van der Waals surface area contributed by atoms with Crippen LogP contribution < -0.4 is 4.74 Å². The van der Waals surface area contributed by atoms with Crippen LogP contribution in [-0.2, 0) is 0 Å². The van der Waals surface area contributed by atoms with E-state index in [4.69, 9.17) is 4.74 Å². The van der Waals surface area contributed by atoms with Crippen molar-refractivity contribution in [2.24, 2.45) is 0 Å². The standard InChI is InChI=1S/C15H12OS/c1-16-12-8-6-11(7-9-12)14-10-17-15-5-3-2-4-13(14)15/h2-10H,1H3. The monoisotopic (exact) mass is 240 g/mol. The van der Waals surface area contributed by atoms with Crippen LogP contribution in [0.5, 0.6) is 5.75 Å². The van der Waals surface area contributed by atoms with Crippen LogP contribution in [0.15, 0.2) is 53.9 Å². The van der Waals surface area contributed by atoms with E-state index in [1.54, 1.807) is 18.4 Å². The lowest BCUT2D eigenvalue weighted by molar-refractivity contribution is 0.415. The molecule has 84 valence electrons. The van der Waals surface area contributed by atoms with Crippen LogP contribution in [-0.4, -0.2) is 7.11 Å². The molecule has 17 heavy (non-hydrogen) atoms. The maximum atomic E-state index is 5.18. The molecule has 0 unspecified atom stereocenters. The van der Waals surface area contributed by atoms with Gasteiger partial charge in [0, 0.05) is 15.6 Å². The van der Waals surface area contributed by atoms with Crippen molar-refractivity contribution in [3.05, 3.63) is 53.9 Å². The highest BCUT2D eigenvalue weighted by Crippen LogP contribution is 2.34. The van der Waals surface area contributed by atoms with E-state index < -0.39 is 0 Å². The summed E-state index contributed by atoms with van der Waals surface area (Å²) in [5.74, 6) is 0.897. The van der Waals surface area contributed by atoms with Crippen molar-refractivity contribution in [1.82, 2.24) is 0 Å². The maximum absolute atomic E-state index is 5.18. The molecule has 1 nitrogen and oxygen atoms in total. The molecule has 0 fully saturated rings. The molecular weight excluding hydrogens is 228 g/mol. The molecule has 0 radical (unpaired) electrons. The highest BCUT2D eigenvalue weighted by atomic mass is 32.1. The summed E-state index contributed by atoms with van der Waals surface area (Å²) >= 11 is 1.79. The molecule has 3 aromatic rings. The lowest BCUT2D eigenvalue weighted by atomic mass is 10.0. The molecule has 0 atom stereocenters. The lowest BCUT2D eigenvalue weighted by Gasteiger charge is -2.02. The Labute approximate surface area is 104 Å². The van der Waals surface area contributed by atoms with Gasteiger partial charge in [-0.25, -0.2) is 0 Å². The minimum absolute atomic E-state index is 0.897. The molecule has 0 aliphatic rings. The largest absolute Gasteiger partial charge is 0.497 e. The Balaban J connectivity index is 2.13. The van der Waals surface area contributed by atoms with Crippen molar-refractivity contribution >= 4 is 21.4 Å². The van der Waals surface area contributed by atoms with Gasteiger partial charge in [-0.3, -0.25) is 0 Å². The fraction of sp³-hybridized carbons (Fsp3) is 0.0667. The van der Waals surface area contributed by atoms with Gasteiger partial charge in [-0.1, -0.05) is 30.3 Å². The zero-order chi connectivity index (χ0) is 11.7. The highest BCUT2D eigenvalue weighted by molar-refractivity contribution is 7.17. The number of thiophene rings is 1.